The van der Waals surface area contributed by atoms with Gasteiger partial charge in [-0.25, -0.2) is 0 Å². The van der Waals surface area contributed by atoms with Crippen molar-refractivity contribution < 1.29 is 9.47 Å². The van der Waals surface area contributed by atoms with Gasteiger partial charge in [-0.3, -0.25) is 0 Å². The molecule has 94 valence electrons. The Morgan fingerprint density at radius 2 is 2.06 bits per heavy atom. The number of rotatable bonds is 7. The van der Waals surface area contributed by atoms with Crippen LogP contribution in [0.15, 0.2) is 24.3 Å². The number of hydrogen-bond donors (Lipinski definition) is 1. The van der Waals surface area contributed by atoms with E-state index in [0.717, 1.165) is 32.7 Å². The summed E-state index contributed by atoms with van der Waals surface area (Å²) < 4.78 is 10.9. The first-order valence-corrected chi connectivity index (χ1v) is 6.37. The van der Waals surface area contributed by atoms with Crippen molar-refractivity contribution in [3.05, 3.63) is 35.4 Å². The van der Waals surface area contributed by atoms with E-state index in [1.807, 2.05) is 0 Å². The van der Waals surface area contributed by atoms with Crippen molar-refractivity contribution in [1.82, 2.24) is 5.32 Å². The quantitative estimate of drug-likeness (QED) is 0.730. The SMILES string of the molecule is CCNCCc1ccccc1COC1COC1. The second-order valence-corrected chi connectivity index (χ2v) is 4.34. The number of hydrogen-bond acceptors (Lipinski definition) is 3. The van der Waals surface area contributed by atoms with E-state index < -0.39 is 0 Å². The van der Waals surface area contributed by atoms with Crippen LogP contribution in [0, 0.1) is 0 Å². The lowest BCUT2D eigenvalue weighted by molar-refractivity contribution is -0.135. The fraction of sp³-hybridized carbons (Fsp3) is 0.571. The molecule has 17 heavy (non-hydrogen) atoms. The maximum atomic E-state index is 5.77. The summed E-state index contributed by atoms with van der Waals surface area (Å²) in [6.07, 6.45) is 1.37. The number of benzene rings is 1. The van der Waals surface area contributed by atoms with Gasteiger partial charge in [0.15, 0.2) is 0 Å². The van der Waals surface area contributed by atoms with Gasteiger partial charge in [0, 0.05) is 0 Å². The fourth-order valence-electron chi connectivity index (χ4n) is 1.86. The van der Waals surface area contributed by atoms with Gasteiger partial charge in [0.2, 0.25) is 0 Å². The second kappa shape index (κ2) is 6.74. The minimum atomic E-state index is 0.303. The summed E-state index contributed by atoms with van der Waals surface area (Å²) in [6, 6.07) is 8.51. The summed E-state index contributed by atoms with van der Waals surface area (Å²) in [5.41, 5.74) is 2.69. The third kappa shape index (κ3) is 3.80. The van der Waals surface area contributed by atoms with Crippen LogP contribution >= 0.6 is 0 Å². The van der Waals surface area contributed by atoms with Crippen LogP contribution in [0.4, 0.5) is 0 Å². The molecule has 3 heteroatoms. The van der Waals surface area contributed by atoms with Crippen molar-refractivity contribution in [1.29, 1.82) is 0 Å². The van der Waals surface area contributed by atoms with E-state index in [1.165, 1.54) is 11.1 Å². The molecule has 1 aromatic carbocycles. The highest BCUT2D eigenvalue weighted by Crippen LogP contribution is 2.14. The molecule has 1 aliphatic rings. The largest absolute Gasteiger partial charge is 0.376 e. The summed E-state index contributed by atoms with van der Waals surface area (Å²) in [7, 11) is 0. The molecule has 2 rings (SSSR count). The zero-order chi connectivity index (χ0) is 11.9. The normalized spacial score (nSPS) is 15.8. The van der Waals surface area contributed by atoms with Crippen LogP contribution in [-0.2, 0) is 22.5 Å². The Balaban J connectivity index is 1.85. The summed E-state index contributed by atoms with van der Waals surface area (Å²) in [6.45, 7) is 6.39. The van der Waals surface area contributed by atoms with Crippen LogP contribution in [0.2, 0.25) is 0 Å². The molecule has 0 unspecified atom stereocenters. The highest BCUT2D eigenvalue weighted by atomic mass is 16.6. The molecule has 1 heterocycles. The molecule has 0 amide bonds. The van der Waals surface area contributed by atoms with Gasteiger partial charge in [0.1, 0.15) is 6.10 Å². The van der Waals surface area contributed by atoms with Crippen LogP contribution in [0.1, 0.15) is 18.1 Å². The Labute approximate surface area is 103 Å². The van der Waals surface area contributed by atoms with Gasteiger partial charge in [-0.15, -0.1) is 0 Å². The fourth-order valence-corrected chi connectivity index (χ4v) is 1.86. The van der Waals surface area contributed by atoms with E-state index in [9.17, 15) is 0 Å². The summed E-state index contributed by atoms with van der Waals surface area (Å²) in [5.74, 6) is 0. The minimum absolute atomic E-state index is 0.303. The van der Waals surface area contributed by atoms with Crippen LogP contribution in [0.3, 0.4) is 0 Å². The molecule has 0 aromatic heterocycles. The Hall–Kier alpha value is -0.900. The monoisotopic (exact) mass is 235 g/mol. The van der Waals surface area contributed by atoms with Gasteiger partial charge in [-0.2, -0.15) is 0 Å². The molecule has 0 aliphatic carbocycles. The lowest BCUT2D eigenvalue weighted by Gasteiger charge is -2.26. The predicted octanol–water partition coefficient (Wildman–Crippen LogP) is 1.75. The average molecular weight is 235 g/mol. The Morgan fingerprint density at radius 3 is 2.71 bits per heavy atom. The van der Waals surface area contributed by atoms with E-state index in [1.54, 1.807) is 0 Å². The van der Waals surface area contributed by atoms with Gasteiger partial charge >= 0.3 is 0 Å². The van der Waals surface area contributed by atoms with Crippen molar-refractivity contribution in [2.45, 2.75) is 26.1 Å². The molecule has 0 saturated carbocycles. The van der Waals surface area contributed by atoms with Crippen LogP contribution in [0.25, 0.3) is 0 Å². The Kier molecular flexibility index (Phi) is 4.98. The van der Waals surface area contributed by atoms with E-state index in [0.29, 0.717) is 12.7 Å². The molecule has 3 nitrogen and oxygen atoms in total. The molecule has 1 aliphatic heterocycles. The third-order valence-electron chi connectivity index (χ3n) is 3.02. The van der Waals surface area contributed by atoms with Gasteiger partial charge in [0.25, 0.3) is 0 Å². The number of ether oxygens (including phenoxy) is 2. The minimum Gasteiger partial charge on any atom is -0.376 e. The molecule has 1 aromatic rings. The van der Waals surface area contributed by atoms with E-state index in [2.05, 4.69) is 36.5 Å². The van der Waals surface area contributed by atoms with Crippen molar-refractivity contribution in [3.63, 3.8) is 0 Å². The zero-order valence-corrected chi connectivity index (χ0v) is 10.4. The van der Waals surface area contributed by atoms with Gasteiger partial charge in [-0.1, -0.05) is 31.2 Å². The topological polar surface area (TPSA) is 30.5 Å². The molecule has 0 spiro atoms. The first-order valence-electron chi connectivity index (χ1n) is 6.37. The lowest BCUT2D eigenvalue weighted by Crippen LogP contribution is -2.35. The lowest BCUT2D eigenvalue weighted by atomic mass is 10.1. The molecule has 1 fully saturated rings. The van der Waals surface area contributed by atoms with Crippen molar-refractivity contribution in [3.8, 4) is 0 Å². The van der Waals surface area contributed by atoms with Crippen LogP contribution in [-0.4, -0.2) is 32.4 Å². The molecule has 0 bridgehead atoms. The number of nitrogens with one attached hydrogen (secondary N) is 1. The Morgan fingerprint density at radius 1 is 1.29 bits per heavy atom. The predicted molar refractivity (Wildman–Crippen MR) is 68.1 cm³/mol. The van der Waals surface area contributed by atoms with Gasteiger partial charge in [0.05, 0.1) is 19.8 Å². The maximum Gasteiger partial charge on any atom is 0.105 e. The Bertz CT molecular complexity index is 337. The first kappa shape index (κ1) is 12.6. The summed E-state index contributed by atoms with van der Waals surface area (Å²) in [5, 5.41) is 3.35. The molecule has 1 saturated heterocycles. The van der Waals surface area contributed by atoms with Crippen molar-refractivity contribution in [2.75, 3.05) is 26.3 Å². The molecular formula is C14H21NO2. The van der Waals surface area contributed by atoms with Crippen molar-refractivity contribution in [2.24, 2.45) is 0 Å². The maximum absolute atomic E-state index is 5.77. The number of likely N-dealkylation sites (N-methyl/N-ethyl adjacent to an activating group) is 1. The third-order valence-corrected chi connectivity index (χ3v) is 3.02. The highest BCUT2D eigenvalue weighted by Gasteiger charge is 2.18. The second-order valence-electron chi connectivity index (χ2n) is 4.34. The molecule has 1 N–H and O–H groups in total. The van der Waals surface area contributed by atoms with Crippen LogP contribution < -0.4 is 5.32 Å². The van der Waals surface area contributed by atoms with Crippen LogP contribution in [0.5, 0.6) is 0 Å². The molecular weight excluding hydrogens is 214 g/mol. The van der Waals surface area contributed by atoms with E-state index >= 15 is 0 Å². The van der Waals surface area contributed by atoms with E-state index in [-0.39, 0.29) is 0 Å². The first-order chi connectivity index (χ1) is 8.40. The van der Waals surface area contributed by atoms with Gasteiger partial charge < -0.3 is 14.8 Å². The smallest absolute Gasteiger partial charge is 0.105 e. The van der Waals surface area contributed by atoms with Gasteiger partial charge in [-0.05, 0) is 30.6 Å². The molecule has 0 atom stereocenters. The van der Waals surface area contributed by atoms with Crippen molar-refractivity contribution >= 4 is 0 Å². The highest BCUT2D eigenvalue weighted by molar-refractivity contribution is 5.26. The summed E-state index contributed by atoms with van der Waals surface area (Å²) in [4.78, 5) is 0. The standard InChI is InChI=1S/C14H21NO2/c1-2-15-8-7-12-5-3-4-6-13(12)9-17-14-10-16-11-14/h3-6,14-15H,2,7-11H2,1H3. The molecule has 0 radical (unpaired) electrons. The van der Waals surface area contributed by atoms with E-state index in [4.69, 9.17) is 9.47 Å². The summed E-state index contributed by atoms with van der Waals surface area (Å²) >= 11 is 0. The zero-order valence-electron chi connectivity index (χ0n) is 10.4. The average Bonchev–Trinajstić information content (AvgIpc) is 2.29.